The number of aryl methyl sites for hydroxylation is 1. The van der Waals surface area contributed by atoms with Crippen LogP contribution in [-0.2, 0) is 17.6 Å². The van der Waals surface area contributed by atoms with Gasteiger partial charge in [-0.05, 0) is 43.7 Å². The van der Waals surface area contributed by atoms with Gasteiger partial charge in [0, 0.05) is 11.3 Å². The number of amides is 1. The lowest BCUT2D eigenvalue weighted by molar-refractivity contribution is -0.140. The Morgan fingerprint density at radius 2 is 2.04 bits per heavy atom. The first kappa shape index (κ1) is 18.1. The minimum Gasteiger partial charge on any atom is -0.480 e. The Morgan fingerprint density at radius 1 is 1.31 bits per heavy atom. The number of carboxylic acids is 1. The van der Waals surface area contributed by atoms with Gasteiger partial charge in [-0.2, -0.15) is 5.10 Å². The number of carbonyl (C=O) groups excluding carboxylic acids is 1. The van der Waals surface area contributed by atoms with Crippen LogP contribution in [0.4, 0.5) is 4.39 Å². The molecule has 6 nitrogen and oxygen atoms in total. The van der Waals surface area contributed by atoms with Gasteiger partial charge in [-0.3, -0.25) is 4.79 Å². The Kier molecular flexibility index (Phi) is 4.80. The van der Waals surface area contributed by atoms with E-state index in [-0.39, 0.29) is 11.6 Å². The molecule has 1 unspecified atom stereocenters. The van der Waals surface area contributed by atoms with Gasteiger partial charge in [-0.15, -0.1) is 0 Å². The molecule has 0 saturated carbocycles. The molecule has 138 valence electrons. The van der Waals surface area contributed by atoms with Gasteiger partial charge in [0.15, 0.2) is 5.69 Å². The second kappa shape index (κ2) is 6.90. The summed E-state index contributed by atoms with van der Waals surface area (Å²) < 4.78 is 15.9. The number of hydrogen-bond donors (Lipinski definition) is 2. The van der Waals surface area contributed by atoms with Crippen molar-refractivity contribution in [3.8, 4) is 5.69 Å². The highest BCUT2D eigenvalue weighted by atomic mass is 19.1. The number of para-hydroxylation sites is 1. The van der Waals surface area contributed by atoms with E-state index in [1.54, 1.807) is 32.9 Å². The smallest absolute Gasteiger partial charge is 0.326 e. The van der Waals surface area contributed by atoms with E-state index >= 15 is 0 Å². The summed E-state index contributed by atoms with van der Waals surface area (Å²) in [4.78, 5) is 24.1. The Hall–Kier alpha value is -2.70. The molecular weight excluding hydrogens is 337 g/mol. The molecule has 1 aromatic carbocycles. The van der Waals surface area contributed by atoms with Gasteiger partial charge in [-0.25, -0.2) is 13.9 Å². The van der Waals surface area contributed by atoms with Crippen molar-refractivity contribution in [2.24, 2.45) is 5.92 Å². The minimum atomic E-state index is -1.09. The predicted octanol–water partition coefficient (Wildman–Crippen LogP) is 2.65. The minimum absolute atomic E-state index is 0.187. The average Bonchev–Trinajstić information content (AvgIpc) is 3.15. The largest absolute Gasteiger partial charge is 0.480 e. The monoisotopic (exact) mass is 359 g/mol. The summed E-state index contributed by atoms with van der Waals surface area (Å²) in [6.45, 7) is 5.25. The molecule has 0 radical (unpaired) electrons. The molecule has 26 heavy (non-hydrogen) atoms. The zero-order valence-corrected chi connectivity index (χ0v) is 15.0. The Bertz CT molecular complexity index is 853. The van der Waals surface area contributed by atoms with E-state index in [4.69, 9.17) is 0 Å². The number of nitrogens with one attached hydrogen (secondary N) is 1. The van der Waals surface area contributed by atoms with Crippen molar-refractivity contribution < 1.29 is 19.1 Å². The molecule has 1 aliphatic carbocycles. The molecule has 2 N–H and O–H groups in total. The fourth-order valence-corrected chi connectivity index (χ4v) is 3.42. The number of halogens is 1. The van der Waals surface area contributed by atoms with Crippen molar-refractivity contribution >= 4 is 11.9 Å². The van der Waals surface area contributed by atoms with Crippen LogP contribution in [0.2, 0.25) is 0 Å². The molecule has 2 aromatic rings. The number of fused-ring (bicyclic) bond motifs is 1. The van der Waals surface area contributed by atoms with Gasteiger partial charge in [0.25, 0.3) is 5.91 Å². The number of hydrogen-bond acceptors (Lipinski definition) is 3. The van der Waals surface area contributed by atoms with E-state index in [0.717, 1.165) is 23.2 Å². The average molecular weight is 359 g/mol. The van der Waals surface area contributed by atoms with Crippen molar-refractivity contribution in [2.75, 3.05) is 0 Å². The van der Waals surface area contributed by atoms with Crippen LogP contribution in [0.3, 0.4) is 0 Å². The number of aromatic nitrogens is 2. The fourth-order valence-electron chi connectivity index (χ4n) is 3.42. The highest BCUT2D eigenvalue weighted by Gasteiger charge is 2.31. The van der Waals surface area contributed by atoms with Crippen LogP contribution in [0.15, 0.2) is 18.2 Å². The van der Waals surface area contributed by atoms with E-state index in [1.807, 2.05) is 0 Å². The fraction of sp³-hybridized carbons (Fsp3) is 0.421. The van der Waals surface area contributed by atoms with E-state index in [1.165, 1.54) is 10.7 Å². The summed E-state index contributed by atoms with van der Waals surface area (Å²) in [5.41, 5.74) is 2.84. The van der Waals surface area contributed by atoms with Gasteiger partial charge >= 0.3 is 5.97 Å². The summed E-state index contributed by atoms with van der Waals surface area (Å²) in [6.07, 6.45) is 2.23. The molecule has 0 bridgehead atoms. The van der Waals surface area contributed by atoms with Gasteiger partial charge in [0.05, 0.1) is 0 Å². The first-order valence-corrected chi connectivity index (χ1v) is 8.71. The number of aliphatic carboxylic acids is 1. The van der Waals surface area contributed by atoms with Crippen molar-refractivity contribution in [3.63, 3.8) is 0 Å². The lowest BCUT2D eigenvalue weighted by atomic mass is 10.0. The maximum atomic E-state index is 14.4. The summed E-state index contributed by atoms with van der Waals surface area (Å²) >= 11 is 0. The van der Waals surface area contributed by atoms with Crippen molar-refractivity contribution in [2.45, 2.75) is 46.1 Å². The lowest BCUT2D eigenvalue weighted by Gasteiger charge is -2.17. The Morgan fingerprint density at radius 3 is 2.65 bits per heavy atom. The zero-order chi connectivity index (χ0) is 19.0. The molecular formula is C19H22FN3O3. The number of carbonyl (C=O) groups is 2. The highest BCUT2D eigenvalue weighted by molar-refractivity contribution is 5.96. The van der Waals surface area contributed by atoms with Crippen molar-refractivity contribution in [1.29, 1.82) is 0 Å². The standard InChI is InChI=1S/C19H22FN3O3/c1-10(2)15(19(25)26)21-18(24)16-12-7-5-9-14(12)23(22-16)17-11(3)6-4-8-13(17)20/h4,6,8,10,15H,5,7,9H2,1-3H3,(H,21,24)(H,25,26). The van der Waals surface area contributed by atoms with E-state index in [2.05, 4.69) is 10.4 Å². The maximum absolute atomic E-state index is 14.4. The topological polar surface area (TPSA) is 84.2 Å². The first-order valence-electron chi connectivity index (χ1n) is 8.71. The SMILES string of the molecule is Cc1cccc(F)c1-n1nc(C(=O)NC(C(=O)O)C(C)C)c2c1CCC2. The third-order valence-electron chi connectivity index (χ3n) is 4.76. The molecule has 0 saturated heterocycles. The Balaban J connectivity index is 2.03. The molecule has 1 aromatic heterocycles. The lowest BCUT2D eigenvalue weighted by Crippen LogP contribution is -2.44. The van der Waals surface area contributed by atoms with Gasteiger partial charge in [0.1, 0.15) is 17.5 Å². The van der Waals surface area contributed by atoms with Gasteiger partial charge in [-0.1, -0.05) is 26.0 Å². The van der Waals surface area contributed by atoms with E-state index in [0.29, 0.717) is 18.5 Å². The third kappa shape index (κ3) is 3.09. The van der Waals surface area contributed by atoms with Crippen LogP contribution in [0.25, 0.3) is 5.69 Å². The molecule has 0 spiro atoms. The predicted molar refractivity (Wildman–Crippen MR) is 94.0 cm³/mol. The van der Waals surface area contributed by atoms with Crippen molar-refractivity contribution in [1.82, 2.24) is 15.1 Å². The van der Waals surface area contributed by atoms with Crippen LogP contribution >= 0.6 is 0 Å². The second-order valence-corrected chi connectivity index (χ2v) is 6.98. The molecule has 0 aliphatic heterocycles. The van der Waals surface area contributed by atoms with Crippen LogP contribution in [-0.4, -0.2) is 32.8 Å². The van der Waals surface area contributed by atoms with Gasteiger partial charge < -0.3 is 10.4 Å². The number of carboxylic acid groups (broad SMARTS) is 1. The molecule has 1 atom stereocenters. The van der Waals surface area contributed by atoms with E-state index < -0.39 is 23.7 Å². The zero-order valence-electron chi connectivity index (χ0n) is 15.0. The molecule has 3 rings (SSSR count). The van der Waals surface area contributed by atoms with Crippen LogP contribution in [0.1, 0.15) is 47.6 Å². The van der Waals surface area contributed by atoms with Gasteiger partial charge in [0.2, 0.25) is 0 Å². The molecule has 1 aliphatic rings. The quantitative estimate of drug-likeness (QED) is 0.860. The molecule has 7 heteroatoms. The molecule has 1 amide bonds. The normalized spacial score (nSPS) is 14.3. The molecule has 0 fully saturated rings. The number of nitrogens with zero attached hydrogens (tertiary/aromatic N) is 2. The van der Waals surface area contributed by atoms with Crippen LogP contribution in [0, 0.1) is 18.7 Å². The third-order valence-corrected chi connectivity index (χ3v) is 4.76. The van der Waals surface area contributed by atoms with Crippen LogP contribution in [0.5, 0.6) is 0 Å². The van der Waals surface area contributed by atoms with Crippen LogP contribution < -0.4 is 5.32 Å². The summed E-state index contributed by atoms with van der Waals surface area (Å²) in [7, 11) is 0. The summed E-state index contributed by atoms with van der Waals surface area (Å²) in [5, 5.41) is 16.2. The molecule has 1 heterocycles. The summed E-state index contributed by atoms with van der Waals surface area (Å²) in [6, 6.07) is 3.79. The Labute approximate surface area is 151 Å². The number of rotatable bonds is 5. The van der Waals surface area contributed by atoms with E-state index in [9.17, 15) is 19.1 Å². The van der Waals surface area contributed by atoms with Crippen molar-refractivity contribution in [3.05, 3.63) is 46.5 Å². The summed E-state index contributed by atoms with van der Waals surface area (Å²) in [5.74, 6) is -2.29. The number of benzene rings is 1. The highest BCUT2D eigenvalue weighted by Crippen LogP contribution is 2.30. The first-order chi connectivity index (χ1) is 12.3. The second-order valence-electron chi connectivity index (χ2n) is 6.98. The maximum Gasteiger partial charge on any atom is 0.326 e.